The molecular weight excluding hydrogens is 196 g/mol. The van der Waals surface area contributed by atoms with Gasteiger partial charge in [-0.3, -0.25) is 0 Å². The van der Waals surface area contributed by atoms with Gasteiger partial charge in [0.2, 0.25) is 0 Å². The predicted molar refractivity (Wildman–Crippen MR) is 65.8 cm³/mol. The molecule has 3 rings (SSSR count). The van der Waals surface area contributed by atoms with Gasteiger partial charge in [-0.2, -0.15) is 0 Å². The molecule has 0 saturated carbocycles. The Balaban J connectivity index is 2.29. The largest absolute Gasteiger partial charge is 0.306 e. The number of imidazole rings is 1. The average molecular weight is 208 g/mol. The van der Waals surface area contributed by atoms with Gasteiger partial charge in [0, 0.05) is 18.1 Å². The standard InChI is InChI=1S/C14H12N2/c1-11-8-13(16-7-6-15-10-16)9-12-4-2-3-5-14(11)12/h2-10H,1H3. The molecule has 0 N–H and O–H groups in total. The van der Waals surface area contributed by atoms with Crippen LogP contribution in [0.25, 0.3) is 16.5 Å². The summed E-state index contributed by atoms with van der Waals surface area (Å²) in [5, 5.41) is 2.58. The number of aryl methyl sites for hydroxylation is 1. The van der Waals surface area contributed by atoms with Gasteiger partial charge in [-0.15, -0.1) is 0 Å². The zero-order valence-electron chi connectivity index (χ0n) is 9.09. The minimum Gasteiger partial charge on any atom is -0.306 e. The summed E-state index contributed by atoms with van der Waals surface area (Å²) in [5.41, 5.74) is 2.45. The van der Waals surface area contributed by atoms with Crippen molar-refractivity contribution in [1.29, 1.82) is 0 Å². The topological polar surface area (TPSA) is 17.8 Å². The molecule has 0 atom stereocenters. The highest BCUT2D eigenvalue weighted by atomic mass is 15.0. The summed E-state index contributed by atoms with van der Waals surface area (Å²) in [5.74, 6) is 0. The number of hydrogen-bond acceptors (Lipinski definition) is 1. The lowest BCUT2D eigenvalue weighted by atomic mass is 10.0. The van der Waals surface area contributed by atoms with E-state index < -0.39 is 0 Å². The molecule has 0 spiro atoms. The van der Waals surface area contributed by atoms with E-state index in [1.807, 2.05) is 17.1 Å². The lowest BCUT2D eigenvalue weighted by molar-refractivity contribution is 1.06. The molecule has 2 heteroatoms. The molecule has 0 saturated heterocycles. The normalized spacial score (nSPS) is 10.8. The number of fused-ring (bicyclic) bond motifs is 1. The first-order valence-electron chi connectivity index (χ1n) is 5.32. The summed E-state index contributed by atoms with van der Waals surface area (Å²) in [6.07, 6.45) is 5.58. The van der Waals surface area contributed by atoms with Crippen molar-refractivity contribution in [2.75, 3.05) is 0 Å². The van der Waals surface area contributed by atoms with Crippen molar-refractivity contribution in [3.8, 4) is 5.69 Å². The highest BCUT2D eigenvalue weighted by molar-refractivity contribution is 5.87. The molecule has 0 aliphatic rings. The molecule has 0 fully saturated rings. The van der Waals surface area contributed by atoms with Crippen LogP contribution in [0.5, 0.6) is 0 Å². The van der Waals surface area contributed by atoms with Gasteiger partial charge in [-0.25, -0.2) is 4.98 Å². The van der Waals surface area contributed by atoms with Crippen molar-refractivity contribution >= 4 is 10.8 Å². The Bertz CT molecular complexity index is 624. The van der Waals surface area contributed by atoms with Crippen LogP contribution in [0.15, 0.2) is 55.1 Å². The van der Waals surface area contributed by atoms with Crippen LogP contribution in [0.2, 0.25) is 0 Å². The Labute approximate surface area is 94.2 Å². The number of rotatable bonds is 1. The van der Waals surface area contributed by atoms with Crippen molar-refractivity contribution in [3.05, 3.63) is 60.7 Å². The van der Waals surface area contributed by atoms with Crippen molar-refractivity contribution in [2.24, 2.45) is 0 Å². The van der Waals surface area contributed by atoms with Gasteiger partial charge in [-0.1, -0.05) is 24.3 Å². The van der Waals surface area contributed by atoms with Gasteiger partial charge in [0.05, 0.1) is 6.33 Å². The highest BCUT2D eigenvalue weighted by Gasteiger charge is 2.01. The van der Waals surface area contributed by atoms with Crippen LogP contribution >= 0.6 is 0 Å². The van der Waals surface area contributed by atoms with E-state index in [1.165, 1.54) is 16.3 Å². The fourth-order valence-electron chi connectivity index (χ4n) is 2.04. The third-order valence-corrected chi connectivity index (χ3v) is 2.86. The first-order chi connectivity index (χ1) is 7.84. The SMILES string of the molecule is Cc1cc(-n2ccnc2)cc2ccccc12. The Morgan fingerprint density at radius 3 is 2.81 bits per heavy atom. The van der Waals surface area contributed by atoms with Crippen LogP contribution in [0.1, 0.15) is 5.56 Å². The maximum atomic E-state index is 4.07. The highest BCUT2D eigenvalue weighted by Crippen LogP contribution is 2.22. The predicted octanol–water partition coefficient (Wildman–Crippen LogP) is 3.33. The second-order valence-corrected chi connectivity index (χ2v) is 3.95. The first kappa shape index (κ1) is 9.16. The average Bonchev–Trinajstić information content (AvgIpc) is 2.82. The number of aromatic nitrogens is 2. The Morgan fingerprint density at radius 1 is 1.12 bits per heavy atom. The fraction of sp³-hybridized carbons (Fsp3) is 0.0714. The zero-order valence-corrected chi connectivity index (χ0v) is 9.09. The lowest BCUT2D eigenvalue weighted by Crippen LogP contribution is -1.91. The Kier molecular flexibility index (Phi) is 2.00. The minimum absolute atomic E-state index is 1.16. The molecule has 1 heterocycles. The van der Waals surface area contributed by atoms with Gasteiger partial charge in [0.25, 0.3) is 0 Å². The fourth-order valence-corrected chi connectivity index (χ4v) is 2.04. The molecule has 0 aliphatic heterocycles. The van der Waals surface area contributed by atoms with E-state index in [0.29, 0.717) is 0 Å². The maximum absolute atomic E-state index is 4.07. The van der Waals surface area contributed by atoms with Crippen molar-refractivity contribution in [1.82, 2.24) is 9.55 Å². The monoisotopic (exact) mass is 208 g/mol. The molecule has 0 amide bonds. The van der Waals surface area contributed by atoms with Crippen LogP contribution in [-0.2, 0) is 0 Å². The Morgan fingerprint density at radius 2 is 2.00 bits per heavy atom. The van der Waals surface area contributed by atoms with Crippen LogP contribution in [-0.4, -0.2) is 9.55 Å². The van der Waals surface area contributed by atoms with Crippen LogP contribution < -0.4 is 0 Å². The van der Waals surface area contributed by atoms with E-state index in [2.05, 4.69) is 48.3 Å². The van der Waals surface area contributed by atoms with E-state index >= 15 is 0 Å². The molecule has 0 bridgehead atoms. The summed E-state index contributed by atoms with van der Waals surface area (Å²) in [4.78, 5) is 4.07. The Hall–Kier alpha value is -2.09. The first-order valence-corrected chi connectivity index (χ1v) is 5.32. The summed E-state index contributed by atoms with van der Waals surface area (Å²) < 4.78 is 2.03. The van der Waals surface area contributed by atoms with E-state index in [9.17, 15) is 0 Å². The quantitative estimate of drug-likeness (QED) is 0.599. The molecule has 16 heavy (non-hydrogen) atoms. The lowest BCUT2D eigenvalue weighted by Gasteiger charge is -2.07. The van der Waals surface area contributed by atoms with E-state index in [4.69, 9.17) is 0 Å². The van der Waals surface area contributed by atoms with Gasteiger partial charge >= 0.3 is 0 Å². The zero-order chi connectivity index (χ0) is 11.0. The van der Waals surface area contributed by atoms with E-state index in [1.54, 1.807) is 6.20 Å². The molecule has 3 aromatic rings. The molecule has 2 aromatic carbocycles. The molecule has 0 unspecified atom stereocenters. The van der Waals surface area contributed by atoms with Crippen molar-refractivity contribution < 1.29 is 0 Å². The number of benzene rings is 2. The van der Waals surface area contributed by atoms with Gasteiger partial charge in [0.15, 0.2) is 0 Å². The minimum atomic E-state index is 1.16. The van der Waals surface area contributed by atoms with Crippen LogP contribution in [0, 0.1) is 6.92 Å². The molecule has 0 aliphatic carbocycles. The molecule has 0 radical (unpaired) electrons. The molecule has 2 nitrogen and oxygen atoms in total. The second-order valence-electron chi connectivity index (χ2n) is 3.95. The molecular formula is C14H12N2. The number of nitrogens with zero attached hydrogens (tertiary/aromatic N) is 2. The third kappa shape index (κ3) is 1.39. The smallest absolute Gasteiger partial charge is 0.0991 e. The summed E-state index contributed by atoms with van der Waals surface area (Å²) >= 11 is 0. The van der Waals surface area contributed by atoms with Crippen LogP contribution in [0.3, 0.4) is 0 Å². The number of hydrogen-bond donors (Lipinski definition) is 0. The van der Waals surface area contributed by atoms with E-state index in [-0.39, 0.29) is 0 Å². The summed E-state index contributed by atoms with van der Waals surface area (Å²) in [7, 11) is 0. The molecule has 78 valence electrons. The van der Waals surface area contributed by atoms with Gasteiger partial charge in [-0.05, 0) is 35.4 Å². The van der Waals surface area contributed by atoms with Gasteiger partial charge in [0.1, 0.15) is 0 Å². The molecule has 1 aromatic heterocycles. The van der Waals surface area contributed by atoms with Crippen molar-refractivity contribution in [2.45, 2.75) is 6.92 Å². The second kappa shape index (κ2) is 3.49. The summed E-state index contributed by atoms with van der Waals surface area (Å²) in [6.45, 7) is 2.14. The van der Waals surface area contributed by atoms with Crippen LogP contribution in [0.4, 0.5) is 0 Å². The van der Waals surface area contributed by atoms with Gasteiger partial charge < -0.3 is 4.57 Å². The summed E-state index contributed by atoms with van der Waals surface area (Å²) in [6, 6.07) is 12.8. The van der Waals surface area contributed by atoms with E-state index in [0.717, 1.165) is 5.69 Å². The van der Waals surface area contributed by atoms with Crippen molar-refractivity contribution in [3.63, 3.8) is 0 Å². The maximum Gasteiger partial charge on any atom is 0.0991 e. The third-order valence-electron chi connectivity index (χ3n) is 2.86.